The molecule has 1 amide bonds. The predicted octanol–water partition coefficient (Wildman–Crippen LogP) is 6.02. The van der Waals surface area contributed by atoms with Crippen LogP contribution in [0.4, 0.5) is 5.13 Å². The van der Waals surface area contributed by atoms with Crippen LogP contribution in [0, 0.1) is 0 Å². The number of nitrogens with zero attached hydrogens (tertiary/aromatic N) is 2. The third-order valence-corrected chi connectivity index (χ3v) is 8.39. The molecule has 0 aliphatic heterocycles. The van der Waals surface area contributed by atoms with E-state index in [-0.39, 0.29) is 10.8 Å². The van der Waals surface area contributed by atoms with Crippen molar-refractivity contribution in [1.82, 2.24) is 9.29 Å². The third kappa shape index (κ3) is 5.61. The second-order valence-electron chi connectivity index (χ2n) is 8.11. The molecule has 1 N–H and O–H groups in total. The number of rotatable bonds is 11. The van der Waals surface area contributed by atoms with Crippen LogP contribution in [0.3, 0.4) is 0 Å². The maximum Gasteiger partial charge on any atom is 0.257 e. The molecule has 0 saturated heterocycles. The fourth-order valence-corrected chi connectivity index (χ4v) is 5.91. The maximum absolute atomic E-state index is 12.9. The van der Waals surface area contributed by atoms with E-state index in [9.17, 15) is 13.2 Å². The lowest BCUT2D eigenvalue weighted by atomic mass is 10.2. The molecule has 0 fully saturated rings. The highest BCUT2D eigenvalue weighted by Gasteiger charge is 2.23. The maximum atomic E-state index is 12.9. The Morgan fingerprint density at radius 3 is 2.58 bits per heavy atom. The summed E-state index contributed by atoms with van der Waals surface area (Å²) in [7, 11) is -3.60. The molecule has 0 aliphatic carbocycles. The molecule has 2 heterocycles. The van der Waals surface area contributed by atoms with Gasteiger partial charge < -0.3 is 9.15 Å². The van der Waals surface area contributed by atoms with Gasteiger partial charge in [-0.3, -0.25) is 10.1 Å². The summed E-state index contributed by atoms with van der Waals surface area (Å²) in [6.45, 7) is 7.23. The van der Waals surface area contributed by atoms with Crippen LogP contribution in [-0.4, -0.2) is 43.3 Å². The Bertz CT molecular complexity index is 1440. The van der Waals surface area contributed by atoms with E-state index in [0.29, 0.717) is 41.8 Å². The first-order valence-corrected chi connectivity index (χ1v) is 14.2. The first kappa shape index (κ1) is 25.9. The number of sulfonamides is 1. The fraction of sp³-hybridized carbons (Fsp3) is 0.308. The summed E-state index contributed by atoms with van der Waals surface area (Å²) < 4.78 is 38.7. The molecule has 0 unspecified atom stereocenters. The Morgan fingerprint density at radius 2 is 1.89 bits per heavy atom. The highest BCUT2D eigenvalue weighted by Crippen LogP contribution is 2.32. The average Bonchev–Trinajstić information content (AvgIpc) is 3.51. The largest absolute Gasteiger partial charge is 0.494 e. The number of amides is 1. The van der Waals surface area contributed by atoms with Crippen LogP contribution in [0.25, 0.3) is 22.4 Å². The van der Waals surface area contributed by atoms with E-state index in [2.05, 4.69) is 10.3 Å². The molecule has 2 aromatic carbocycles. The number of ether oxygens (including phenoxy) is 1. The Morgan fingerprint density at radius 1 is 1.11 bits per heavy atom. The van der Waals surface area contributed by atoms with Crippen molar-refractivity contribution in [2.75, 3.05) is 25.0 Å². The van der Waals surface area contributed by atoms with E-state index in [4.69, 9.17) is 9.15 Å². The zero-order valence-corrected chi connectivity index (χ0v) is 22.1. The van der Waals surface area contributed by atoms with Gasteiger partial charge in [-0.15, -0.1) is 11.3 Å². The van der Waals surface area contributed by atoms with Gasteiger partial charge in [-0.1, -0.05) is 20.3 Å². The predicted molar refractivity (Wildman–Crippen MR) is 142 cm³/mol. The van der Waals surface area contributed by atoms with Gasteiger partial charge in [0.25, 0.3) is 5.91 Å². The molecular weight excluding hydrogens is 498 g/mol. The Kier molecular flexibility index (Phi) is 8.07. The van der Waals surface area contributed by atoms with Gasteiger partial charge in [-0.2, -0.15) is 4.31 Å². The molecule has 0 radical (unpaired) electrons. The summed E-state index contributed by atoms with van der Waals surface area (Å²) in [6.07, 6.45) is 1.71. The van der Waals surface area contributed by atoms with Crippen molar-refractivity contribution in [2.45, 2.75) is 38.5 Å². The molecule has 0 spiro atoms. The number of hydrogen-bond donors (Lipinski definition) is 1. The summed E-state index contributed by atoms with van der Waals surface area (Å²) in [5.41, 5.74) is 1.67. The van der Waals surface area contributed by atoms with E-state index < -0.39 is 10.0 Å². The molecule has 36 heavy (non-hydrogen) atoms. The SMILES string of the molecule is CCCCN(CC)S(=O)(=O)c1ccc(C(=O)Nc2nc(-c3cc4cc(OCC)ccc4o3)cs2)cc1. The van der Waals surface area contributed by atoms with E-state index >= 15 is 0 Å². The molecule has 0 atom stereocenters. The minimum absolute atomic E-state index is 0.172. The first-order chi connectivity index (χ1) is 17.3. The monoisotopic (exact) mass is 527 g/mol. The second kappa shape index (κ2) is 11.2. The van der Waals surface area contributed by atoms with Crippen LogP contribution >= 0.6 is 11.3 Å². The minimum Gasteiger partial charge on any atom is -0.494 e. The summed E-state index contributed by atoms with van der Waals surface area (Å²) in [4.78, 5) is 17.4. The van der Waals surface area contributed by atoms with Gasteiger partial charge in [0.2, 0.25) is 10.0 Å². The van der Waals surface area contributed by atoms with Gasteiger partial charge in [-0.25, -0.2) is 13.4 Å². The van der Waals surface area contributed by atoms with E-state index in [1.165, 1.54) is 39.9 Å². The normalized spacial score (nSPS) is 11.8. The van der Waals surface area contributed by atoms with E-state index in [1.54, 1.807) is 0 Å². The van der Waals surface area contributed by atoms with Crippen molar-refractivity contribution in [3.05, 3.63) is 59.5 Å². The average molecular weight is 528 g/mol. The molecule has 2 aromatic heterocycles. The molecule has 8 nitrogen and oxygen atoms in total. The lowest BCUT2D eigenvalue weighted by molar-refractivity contribution is 0.102. The van der Waals surface area contributed by atoms with Crippen molar-refractivity contribution in [3.63, 3.8) is 0 Å². The number of carbonyl (C=O) groups excluding carboxylic acids is 1. The van der Waals surface area contributed by atoms with Gasteiger partial charge in [0.15, 0.2) is 10.9 Å². The van der Waals surface area contributed by atoms with E-state index in [0.717, 1.165) is 29.6 Å². The summed E-state index contributed by atoms with van der Waals surface area (Å²) in [5.74, 6) is 0.989. The smallest absolute Gasteiger partial charge is 0.257 e. The Hall–Kier alpha value is -3.21. The second-order valence-corrected chi connectivity index (χ2v) is 10.9. The van der Waals surface area contributed by atoms with Crippen LogP contribution in [-0.2, 0) is 10.0 Å². The highest BCUT2D eigenvalue weighted by molar-refractivity contribution is 7.89. The van der Waals surface area contributed by atoms with E-state index in [1.807, 2.05) is 50.4 Å². The number of thiazole rings is 1. The Balaban J connectivity index is 1.45. The van der Waals surface area contributed by atoms with Crippen LogP contribution < -0.4 is 10.1 Å². The molecule has 0 saturated carbocycles. The summed E-state index contributed by atoms with van der Waals surface area (Å²) >= 11 is 1.28. The number of fused-ring (bicyclic) bond motifs is 1. The zero-order valence-electron chi connectivity index (χ0n) is 20.5. The van der Waals surface area contributed by atoms with Crippen molar-refractivity contribution < 1.29 is 22.4 Å². The molecule has 10 heteroatoms. The van der Waals surface area contributed by atoms with Gasteiger partial charge in [0.1, 0.15) is 17.0 Å². The number of carbonyl (C=O) groups is 1. The van der Waals surface area contributed by atoms with Crippen molar-refractivity contribution in [3.8, 4) is 17.2 Å². The van der Waals surface area contributed by atoms with Crippen LogP contribution in [0.15, 0.2) is 63.2 Å². The van der Waals surface area contributed by atoms with Crippen molar-refractivity contribution in [2.24, 2.45) is 0 Å². The topological polar surface area (TPSA) is 102 Å². The Labute approximate surface area is 215 Å². The highest BCUT2D eigenvalue weighted by atomic mass is 32.2. The molecular formula is C26H29N3O5S2. The van der Waals surface area contributed by atoms with Gasteiger partial charge >= 0.3 is 0 Å². The van der Waals surface area contributed by atoms with Gasteiger partial charge in [-0.05, 0) is 61.9 Å². The van der Waals surface area contributed by atoms with Crippen LogP contribution in [0.5, 0.6) is 5.75 Å². The van der Waals surface area contributed by atoms with Crippen molar-refractivity contribution >= 4 is 43.4 Å². The molecule has 0 aliphatic rings. The quantitative estimate of drug-likeness (QED) is 0.256. The third-order valence-electron chi connectivity index (χ3n) is 5.64. The lowest BCUT2D eigenvalue weighted by Crippen LogP contribution is -2.31. The number of nitrogens with one attached hydrogen (secondary N) is 1. The summed E-state index contributed by atoms with van der Waals surface area (Å²) in [5, 5.41) is 5.90. The number of hydrogen-bond acceptors (Lipinski definition) is 7. The molecule has 4 aromatic rings. The van der Waals surface area contributed by atoms with Crippen molar-refractivity contribution in [1.29, 1.82) is 0 Å². The molecule has 190 valence electrons. The van der Waals surface area contributed by atoms with Crippen LogP contribution in [0.1, 0.15) is 44.0 Å². The first-order valence-electron chi connectivity index (χ1n) is 11.9. The number of anilines is 1. The number of aromatic nitrogens is 1. The molecule has 4 rings (SSSR count). The van der Waals surface area contributed by atoms with Gasteiger partial charge in [0, 0.05) is 29.4 Å². The summed E-state index contributed by atoms with van der Waals surface area (Å²) in [6, 6.07) is 13.5. The lowest BCUT2D eigenvalue weighted by Gasteiger charge is -2.20. The fourth-order valence-electron chi connectivity index (χ4n) is 3.73. The number of unbranched alkanes of at least 4 members (excludes halogenated alkanes) is 1. The molecule has 0 bridgehead atoms. The number of furan rings is 1. The zero-order chi connectivity index (χ0) is 25.7. The van der Waals surface area contributed by atoms with Gasteiger partial charge in [0.05, 0.1) is 11.5 Å². The van der Waals surface area contributed by atoms with Crippen LogP contribution in [0.2, 0.25) is 0 Å². The standard InChI is InChI=1S/C26H29N3O5S2/c1-4-7-14-29(5-2)36(31,32)21-11-8-18(9-12-21)25(30)28-26-27-22(17-35-26)24-16-19-15-20(33-6-3)10-13-23(19)34-24/h8-13,15-17H,4-7,14H2,1-3H3,(H,27,28,30). The minimum atomic E-state index is -3.60. The number of benzene rings is 2.